The molecule has 43 heavy (non-hydrogen) atoms. The van der Waals surface area contributed by atoms with Crippen LogP contribution < -0.4 is 32.3 Å². The number of nitrogens with zero attached hydrogens (tertiary/aromatic N) is 3. The first kappa shape index (κ1) is 28.6. The summed E-state index contributed by atoms with van der Waals surface area (Å²) in [5, 5.41) is 29.1. The first-order valence-corrected chi connectivity index (χ1v) is 13.5. The van der Waals surface area contributed by atoms with Crippen molar-refractivity contribution in [2.45, 2.75) is 13.8 Å². The molecule has 5 aromatic rings. The van der Waals surface area contributed by atoms with Crippen LogP contribution in [0.15, 0.2) is 71.0 Å². The maximum atomic E-state index is 12.9. The second-order valence-corrected chi connectivity index (χ2v) is 9.84. The smallest absolute Gasteiger partial charge is 0.257 e. The summed E-state index contributed by atoms with van der Waals surface area (Å²) in [7, 11) is 0. The van der Waals surface area contributed by atoms with Gasteiger partial charge >= 0.3 is 0 Å². The van der Waals surface area contributed by atoms with Crippen molar-refractivity contribution < 1.29 is 14.7 Å². The van der Waals surface area contributed by atoms with Crippen LogP contribution in [0, 0.1) is 13.8 Å². The third kappa shape index (κ3) is 6.22. The quantitative estimate of drug-likeness (QED) is 0.0793. The number of nitrogen functional groups attached to an aromatic ring is 1. The summed E-state index contributed by atoms with van der Waals surface area (Å²) in [5.41, 5.74) is 10.4. The summed E-state index contributed by atoms with van der Waals surface area (Å²) in [6, 6.07) is 16.0. The zero-order valence-electron chi connectivity index (χ0n) is 23.7. The van der Waals surface area contributed by atoms with Gasteiger partial charge in [-0.1, -0.05) is 30.8 Å². The Kier molecular flexibility index (Phi) is 8.19. The molecule has 0 bridgehead atoms. The molecule has 0 aliphatic rings. The number of carbonyl (C=O) groups excluding carboxylic acids is 2. The molecule has 12 nitrogen and oxygen atoms in total. The fourth-order valence-corrected chi connectivity index (χ4v) is 4.64. The topological polar surface area (TPSA) is 186 Å². The number of carbonyl (C=O) groups is 2. The maximum absolute atomic E-state index is 12.9. The average molecular weight is 578 g/mol. The Balaban J connectivity index is 1.16. The van der Waals surface area contributed by atoms with Gasteiger partial charge in [-0.15, -0.1) is 5.11 Å². The van der Waals surface area contributed by atoms with Gasteiger partial charge in [0.2, 0.25) is 5.88 Å². The lowest BCUT2D eigenvalue weighted by Gasteiger charge is -2.09. The molecule has 3 aromatic heterocycles. The fraction of sp³-hybridized carbons (Fsp3) is 0.129. The molecule has 0 fully saturated rings. The normalized spacial score (nSPS) is 11.7. The lowest BCUT2D eigenvalue weighted by atomic mass is 10.1. The van der Waals surface area contributed by atoms with Crippen molar-refractivity contribution >= 4 is 58.4 Å². The van der Waals surface area contributed by atoms with E-state index in [1.807, 2.05) is 25.1 Å². The number of hydrogen-bond donors (Lipinski definition) is 7. The van der Waals surface area contributed by atoms with E-state index in [-0.39, 0.29) is 17.7 Å². The Morgan fingerprint density at radius 1 is 1.05 bits per heavy atom. The molecule has 2 aromatic carbocycles. The number of aryl methyl sites for hydroxylation is 2. The number of azo groups is 1. The third-order valence-electron chi connectivity index (χ3n) is 6.83. The van der Waals surface area contributed by atoms with Crippen LogP contribution in [0.2, 0.25) is 0 Å². The van der Waals surface area contributed by atoms with Gasteiger partial charge in [-0.3, -0.25) is 9.59 Å². The predicted octanol–water partition coefficient (Wildman–Crippen LogP) is 3.82. The molecule has 0 saturated carbocycles. The molecule has 8 N–H and O–H groups in total. The molecule has 0 saturated heterocycles. The number of pyridine rings is 1. The SMILES string of the molecule is C=c1c(C(=O)NCCNc2ccc(C(=O)Nc3ccccc3N)cn2)c(C)[nH]c1=CN=Nc1c(O)[nH]c2cccc(C)c12. The van der Waals surface area contributed by atoms with Crippen LogP contribution in [0.4, 0.5) is 22.9 Å². The van der Waals surface area contributed by atoms with Crippen LogP contribution in [-0.2, 0) is 0 Å². The molecule has 0 aliphatic heterocycles. The van der Waals surface area contributed by atoms with E-state index in [1.165, 1.54) is 12.4 Å². The number of H-pyrrole nitrogens is 2. The summed E-state index contributed by atoms with van der Waals surface area (Å²) < 4.78 is 0. The molecular formula is C31H31N9O3. The van der Waals surface area contributed by atoms with Gasteiger partial charge in [0.05, 0.1) is 39.6 Å². The number of aromatic hydroxyl groups is 1. The third-order valence-corrected chi connectivity index (χ3v) is 6.83. The minimum atomic E-state index is -0.320. The largest absolute Gasteiger partial charge is 0.493 e. The van der Waals surface area contributed by atoms with Crippen LogP contribution in [0.5, 0.6) is 5.88 Å². The number of hydrogen-bond acceptors (Lipinski definition) is 8. The second-order valence-electron chi connectivity index (χ2n) is 9.84. The van der Waals surface area contributed by atoms with Crippen LogP contribution in [0.25, 0.3) is 23.7 Å². The van der Waals surface area contributed by atoms with Gasteiger partial charge in [-0.05, 0) is 49.7 Å². The van der Waals surface area contributed by atoms with Crippen LogP contribution >= 0.6 is 0 Å². The van der Waals surface area contributed by atoms with E-state index in [9.17, 15) is 14.7 Å². The summed E-state index contributed by atoms with van der Waals surface area (Å²) in [6.45, 7) is 8.47. The van der Waals surface area contributed by atoms with Gasteiger partial charge in [-0.25, -0.2) is 4.98 Å². The molecule has 3 heterocycles. The van der Waals surface area contributed by atoms with Crippen LogP contribution in [0.1, 0.15) is 32.0 Å². The van der Waals surface area contributed by atoms with Crippen molar-refractivity contribution in [3.8, 4) is 5.88 Å². The van der Waals surface area contributed by atoms with Gasteiger partial charge in [0.1, 0.15) is 5.82 Å². The number of fused-ring (bicyclic) bond motifs is 1. The molecule has 218 valence electrons. The van der Waals surface area contributed by atoms with E-state index in [2.05, 4.69) is 47.7 Å². The first-order valence-electron chi connectivity index (χ1n) is 13.5. The number of anilines is 3. The highest BCUT2D eigenvalue weighted by atomic mass is 16.3. The monoisotopic (exact) mass is 577 g/mol. The van der Waals surface area contributed by atoms with E-state index in [1.54, 1.807) is 43.3 Å². The maximum Gasteiger partial charge on any atom is 0.257 e. The predicted molar refractivity (Wildman–Crippen MR) is 168 cm³/mol. The minimum absolute atomic E-state index is 0.0713. The molecule has 0 spiro atoms. The molecule has 0 aliphatic carbocycles. The van der Waals surface area contributed by atoms with Gasteiger partial charge in [-0.2, -0.15) is 5.11 Å². The number of aromatic amines is 2. The summed E-state index contributed by atoms with van der Waals surface area (Å²) in [6.07, 6.45) is 2.93. The molecule has 0 radical (unpaired) electrons. The molecular weight excluding hydrogens is 546 g/mol. The van der Waals surface area contributed by atoms with Crippen molar-refractivity contribution in [1.29, 1.82) is 0 Å². The van der Waals surface area contributed by atoms with E-state index in [4.69, 9.17) is 5.73 Å². The Bertz CT molecular complexity index is 1960. The van der Waals surface area contributed by atoms with Crippen LogP contribution in [0.3, 0.4) is 0 Å². The second kappa shape index (κ2) is 12.3. The fourth-order valence-electron chi connectivity index (χ4n) is 4.64. The summed E-state index contributed by atoms with van der Waals surface area (Å²) >= 11 is 0. The van der Waals surface area contributed by atoms with Gasteiger partial charge < -0.3 is 36.8 Å². The molecule has 0 atom stereocenters. The number of para-hydroxylation sites is 2. The van der Waals surface area contributed by atoms with E-state index < -0.39 is 0 Å². The Labute approximate surface area is 246 Å². The number of amides is 2. The van der Waals surface area contributed by atoms with Crippen molar-refractivity contribution in [2.24, 2.45) is 10.2 Å². The number of nitrogens with two attached hydrogens (primary N) is 1. The van der Waals surface area contributed by atoms with Gasteiger partial charge in [0.15, 0.2) is 5.69 Å². The molecule has 12 heteroatoms. The number of rotatable bonds is 9. The average Bonchev–Trinajstić information content (AvgIpc) is 3.47. The highest BCUT2D eigenvalue weighted by Crippen LogP contribution is 2.37. The van der Waals surface area contributed by atoms with Crippen LogP contribution in [-0.4, -0.2) is 45.0 Å². The zero-order valence-corrected chi connectivity index (χ0v) is 23.7. The number of aromatic nitrogens is 3. The Morgan fingerprint density at radius 3 is 2.63 bits per heavy atom. The summed E-state index contributed by atoms with van der Waals surface area (Å²) in [4.78, 5) is 35.7. The van der Waals surface area contributed by atoms with Gasteiger partial charge in [0.25, 0.3) is 11.8 Å². The minimum Gasteiger partial charge on any atom is -0.493 e. The molecule has 5 rings (SSSR count). The Hall–Kier alpha value is -5.91. The van der Waals surface area contributed by atoms with E-state index >= 15 is 0 Å². The standard InChI is InChI=1S/C31H31N9O3/c1-17-7-6-10-23-26(17)28(31(43)39-23)40-36-16-24-18(2)27(19(3)37-24)30(42)34-14-13-33-25-12-11-20(15-35-25)29(41)38-22-9-5-4-8-21(22)32/h4-12,15-16,37,39,43H,2,13-14,32H2,1,3H3,(H,33,35)(H,34,42)(H,38,41). The van der Waals surface area contributed by atoms with Crippen molar-refractivity contribution in [3.63, 3.8) is 0 Å². The van der Waals surface area contributed by atoms with Crippen molar-refractivity contribution in [1.82, 2.24) is 20.3 Å². The van der Waals surface area contributed by atoms with Gasteiger partial charge in [0, 0.05) is 35.6 Å². The highest BCUT2D eigenvalue weighted by Gasteiger charge is 2.14. The van der Waals surface area contributed by atoms with E-state index in [0.717, 1.165) is 16.5 Å². The first-order chi connectivity index (χ1) is 20.7. The number of benzene rings is 2. The van der Waals surface area contributed by atoms with Crippen molar-refractivity contribution in [2.75, 3.05) is 29.5 Å². The summed E-state index contributed by atoms with van der Waals surface area (Å²) in [5.74, 6) is -0.126. The van der Waals surface area contributed by atoms with E-state index in [0.29, 0.717) is 63.4 Å². The lowest BCUT2D eigenvalue weighted by Crippen LogP contribution is -2.34. The number of nitrogens with one attached hydrogen (secondary N) is 5. The zero-order chi connectivity index (χ0) is 30.5. The lowest BCUT2D eigenvalue weighted by molar-refractivity contribution is 0.0953. The Morgan fingerprint density at radius 2 is 1.86 bits per heavy atom. The van der Waals surface area contributed by atoms with Crippen molar-refractivity contribution in [3.05, 3.63) is 93.7 Å². The highest BCUT2D eigenvalue weighted by molar-refractivity contribution is 6.05. The molecule has 2 amide bonds. The molecule has 0 unspecified atom stereocenters.